The summed E-state index contributed by atoms with van der Waals surface area (Å²) in [7, 11) is 0. The fourth-order valence-electron chi connectivity index (χ4n) is 2.30. The van der Waals surface area contributed by atoms with Gasteiger partial charge in [0.05, 0.1) is 6.61 Å². The zero-order chi connectivity index (χ0) is 13.9. The van der Waals surface area contributed by atoms with E-state index in [1.807, 2.05) is 0 Å². The molecule has 0 aromatic carbocycles. The first-order valence-corrected chi connectivity index (χ1v) is 6.95. The third-order valence-electron chi connectivity index (χ3n) is 4.03. The van der Waals surface area contributed by atoms with Gasteiger partial charge in [0.1, 0.15) is 11.4 Å². The van der Waals surface area contributed by atoms with Crippen LogP contribution in [0.15, 0.2) is 18.3 Å². The quantitative estimate of drug-likeness (QED) is 0.800. The molecule has 4 heteroatoms. The van der Waals surface area contributed by atoms with E-state index in [9.17, 15) is 4.79 Å². The maximum atomic E-state index is 11.8. The topological polar surface area (TPSA) is 51.2 Å². The van der Waals surface area contributed by atoms with Gasteiger partial charge in [-0.1, -0.05) is 13.8 Å². The minimum absolute atomic E-state index is 0.313. The largest absolute Gasteiger partial charge is 0.462 e. The van der Waals surface area contributed by atoms with Crippen molar-refractivity contribution in [1.29, 1.82) is 0 Å². The molecule has 2 rings (SSSR count). The van der Waals surface area contributed by atoms with Crippen molar-refractivity contribution in [3.05, 3.63) is 23.9 Å². The molecule has 0 radical (unpaired) electrons. The number of pyridine rings is 1. The average Bonchev–Trinajstić information content (AvgIpc) is 3.18. The second-order valence-corrected chi connectivity index (χ2v) is 5.49. The molecule has 1 aliphatic rings. The van der Waals surface area contributed by atoms with E-state index in [2.05, 4.69) is 24.1 Å². The minimum atomic E-state index is -0.313. The van der Waals surface area contributed by atoms with Crippen LogP contribution < -0.4 is 5.32 Å². The first-order chi connectivity index (χ1) is 9.09. The molecule has 0 amide bonds. The Morgan fingerprint density at radius 3 is 2.84 bits per heavy atom. The van der Waals surface area contributed by atoms with Crippen LogP contribution in [0.25, 0.3) is 0 Å². The molecule has 1 aromatic heterocycles. The standard InChI is InChI=1S/C15H22N2O2/c1-4-19-14(18)12-6-5-9-16-13(12)17-10-15(7-8-15)11(2)3/h5-6,9,11H,4,7-8,10H2,1-3H3,(H,16,17). The second kappa shape index (κ2) is 5.59. The van der Waals surface area contributed by atoms with Crippen molar-refractivity contribution in [3.63, 3.8) is 0 Å². The van der Waals surface area contributed by atoms with Gasteiger partial charge >= 0.3 is 5.97 Å². The highest BCUT2D eigenvalue weighted by molar-refractivity contribution is 5.94. The van der Waals surface area contributed by atoms with Crippen molar-refractivity contribution in [1.82, 2.24) is 4.98 Å². The van der Waals surface area contributed by atoms with E-state index in [0.717, 1.165) is 6.54 Å². The van der Waals surface area contributed by atoms with Gasteiger partial charge in [-0.15, -0.1) is 0 Å². The molecule has 1 saturated carbocycles. The zero-order valence-electron chi connectivity index (χ0n) is 11.9. The number of esters is 1. The normalized spacial score (nSPS) is 16.2. The highest BCUT2D eigenvalue weighted by Gasteiger charge is 2.45. The Bertz CT molecular complexity index is 453. The second-order valence-electron chi connectivity index (χ2n) is 5.49. The van der Waals surface area contributed by atoms with Gasteiger partial charge in [-0.25, -0.2) is 9.78 Å². The third-order valence-corrected chi connectivity index (χ3v) is 4.03. The number of hydrogen-bond donors (Lipinski definition) is 1. The Balaban J connectivity index is 2.06. The summed E-state index contributed by atoms with van der Waals surface area (Å²) in [4.78, 5) is 16.1. The van der Waals surface area contributed by atoms with Crippen LogP contribution in [0.3, 0.4) is 0 Å². The van der Waals surface area contributed by atoms with Crippen LogP contribution in [0, 0.1) is 11.3 Å². The minimum Gasteiger partial charge on any atom is -0.462 e. The Labute approximate surface area is 114 Å². The Kier molecular flexibility index (Phi) is 4.08. The predicted octanol–water partition coefficient (Wildman–Crippen LogP) is 3.11. The van der Waals surface area contributed by atoms with Gasteiger partial charge in [0.2, 0.25) is 0 Å². The molecular formula is C15H22N2O2. The molecule has 1 fully saturated rings. The molecule has 0 saturated heterocycles. The van der Waals surface area contributed by atoms with Crippen molar-refractivity contribution in [2.45, 2.75) is 33.6 Å². The lowest BCUT2D eigenvalue weighted by molar-refractivity contribution is 0.0527. The lowest BCUT2D eigenvalue weighted by Gasteiger charge is -2.21. The van der Waals surface area contributed by atoms with E-state index in [0.29, 0.717) is 29.3 Å². The Hall–Kier alpha value is -1.58. The number of carbonyl (C=O) groups is 1. The number of nitrogens with one attached hydrogen (secondary N) is 1. The van der Waals surface area contributed by atoms with E-state index >= 15 is 0 Å². The van der Waals surface area contributed by atoms with E-state index < -0.39 is 0 Å². The van der Waals surface area contributed by atoms with E-state index in [1.165, 1.54) is 12.8 Å². The van der Waals surface area contributed by atoms with E-state index in [-0.39, 0.29) is 5.97 Å². The maximum Gasteiger partial charge on any atom is 0.341 e. The lowest BCUT2D eigenvalue weighted by atomic mass is 9.92. The molecule has 0 unspecified atom stereocenters. The first-order valence-electron chi connectivity index (χ1n) is 6.95. The van der Waals surface area contributed by atoms with Crippen molar-refractivity contribution in [2.24, 2.45) is 11.3 Å². The van der Waals surface area contributed by atoms with Crippen LogP contribution in [0.1, 0.15) is 44.0 Å². The fourth-order valence-corrected chi connectivity index (χ4v) is 2.30. The molecule has 0 spiro atoms. The number of nitrogens with zero attached hydrogens (tertiary/aromatic N) is 1. The van der Waals surface area contributed by atoms with Gasteiger partial charge in [-0.3, -0.25) is 0 Å². The number of ether oxygens (including phenoxy) is 1. The van der Waals surface area contributed by atoms with Crippen LogP contribution in [-0.4, -0.2) is 24.1 Å². The number of aromatic nitrogens is 1. The number of carbonyl (C=O) groups excluding carboxylic acids is 1. The molecule has 0 atom stereocenters. The van der Waals surface area contributed by atoms with Crippen LogP contribution in [0.4, 0.5) is 5.82 Å². The molecule has 19 heavy (non-hydrogen) atoms. The summed E-state index contributed by atoms with van der Waals surface area (Å²) in [6, 6.07) is 3.51. The summed E-state index contributed by atoms with van der Waals surface area (Å²) in [5.41, 5.74) is 0.896. The van der Waals surface area contributed by atoms with Gasteiger partial charge in [-0.05, 0) is 43.2 Å². The molecule has 0 bridgehead atoms. The van der Waals surface area contributed by atoms with Gasteiger partial charge in [-0.2, -0.15) is 0 Å². The molecule has 1 aromatic rings. The third kappa shape index (κ3) is 3.06. The number of hydrogen-bond acceptors (Lipinski definition) is 4. The summed E-state index contributed by atoms with van der Waals surface area (Å²) in [6.07, 6.45) is 4.19. The molecule has 1 aliphatic carbocycles. The monoisotopic (exact) mass is 262 g/mol. The summed E-state index contributed by atoms with van der Waals surface area (Å²) in [5.74, 6) is 0.968. The molecular weight excluding hydrogens is 240 g/mol. The van der Waals surface area contributed by atoms with Crippen molar-refractivity contribution in [3.8, 4) is 0 Å². The molecule has 1 heterocycles. The Morgan fingerprint density at radius 2 is 2.26 bits per heavy atom. The van der Waals surface area contributed by atoms with Crippen LogP contribution in [0.2, 0.25) is 0 Å². The zero-order valence-corrected chi connectivity index (χ0v) is 11.9. The summed E-state index contributed by atoms with van der Waals surface area (Å²) < 4.78 is 5.04. The first kappa shape index (κ1) is 13.8. The smallest absolute Gasteiger partial charge is 0.341 e. The number of rotatable bonds is 6. The fraction of sp³-hybridized carbons (Fsp3) is 0.600. The SMILES string of the molecule is CCOC(=O)c1cccnc1NCC1(C(C)C)CC1. The average molecular weight is 262 g/mol. The van der Waals surface area contributed by atoms with Gasteiger partial charge in [0.15, 0.2) is 0 Å². The summed E-state index contributed by atoms with van der Waals surface area (Å²) >= 11 is 0. The van der Waals surface area contributed by atoms with Crippen molar-refractivity contribution in [2.75, 3.05) is 18.5 Å². The lowest BCUT2D eigenvalue weighted by Crippen LogP contribution is -2.22. The van der Waals surface area contributed by atoms with Crippen molar-refractivity contribution >= 4 is 11.8 Å². The highest BCUT2D eigenvalue weighted by atomic mass is 16.5. The molecule has 104 valence electrons. The number of anilines is 1. The van der Waals surface area contributed by atoms with Gasteiger partial charge in [0.25, 0.3) is 0 Å². The predicted molar refractivity (Wildman–Crippen MR) is 75.2 cm³/mol. The molecule has 4 nitrogen and oxygen atoms in total. The highest BCUT2D eigenvalue weighted by Crippen LogP contribution is 2.51. The summed E-state index contributed by atoms with van der Waals surface area (Å²) in [5, 5.41) is 3.32. The maximum absolute atomic E-state index is 11.8. The van der Waals surface area contributed by atoms with Gasteiger partial charge < -0.3 is 10.1 Å². The molecule has 1 N–H and O–H groups in total. The van der Waals surface area contributed by atoms with E-state index in [1.54, 1.807) is 25.3 Å². The van der Waals surface area contributed by atoms with Gasteiger partial charge in [0, 0.05) is 12.7 Å². The van der Waals surface area contributed by atoms with Crippen LogP contribution in [0.5, 0.6) is 0 Å². The molecule has 0 aliphatic heterocycles. The van der Waals surface area contributed by atoms with Crippen LogP contribution >= 0.6 is 0 Å². The van der Waals surface area contributed by atoms with Crippen molar-refractivity contribution < 1.29 is 9.53 Å². The Morgan fingerprint density at radius 1 is 1.53 bits per heavy atom. The summed E-state index contributed by atoms with van der Waals surface area (Å²) in [6.45, 7) is 7.55. The van der Waals surface area contributed by atoms with Crippen LogP contribution in [-0.2, 0) is 4.74 Å². The van der Waals surface area contributed by atoms with E-state index in [4.69, 9.17) is 4.74 Å².